The van der Waals surface area contributed by atoms with E-state index in [0.717, 1.165) is 12.8 Å². The summed E-state index contributed by atoms with van der Waals surface area (Å²) in [5.74, 6) is 0.618. The van der Waals surface area contributed by atoms with Crippen molar-refractivity contribution in [2.75, 3.05) is 0 Å². The molecule has 0 bridgehead atoms. The van der Waals surface area contributed by atoms with Crippen LogP contribution in [0.4, 0.5) is 0 Å². The zero-order chi connectivity index (χ0) is 9.26. The van der Waals surface area contributed by atoms with E-state index >= 15 is 0 Å². The van der Waals surface area contributed by atoms with Crippen LogP contribution < -0.4 is 0 Å². The fourth-order valence-electron chi connectivity index (χ4n) is 1.74. The van der Waals surface area contributed by atoms with E-state index in [1.54, 1.807) is 6.33 Å². The van der Waals surface area contributed by atoms with Crippen LogP contribution in [0, 0.1) is 5.92 Å². The topological polar surface area (TPSA) is 25.8 Å². The molecule has 1 unspecified atom stereocenters. The zero-order valence-electron chi connectivity index (χ0n) is 8.12. The van der Waals surface area contributed by atoms with Gasteiger partial charge >= 0.3 is 0 Å². The lowest BCUT2D eigenvalue weighted by Crippen LogP contribution is -2.09. The number of allylic oxidation sites excluding steroid dienone is 1. The largest absolute Gasteiger partial charge is 0.241 e. The molecule has 0 aromatic carbocycles. The normalized spacial score (nSPS) is 20.0. The summed E-state index contributed by atoms with van der Waals surface area (Å²) in [6, 6.07) is 0. The lowest BCUT2D eigenvalue weighted by Gasteiger charge is -2.15. The van der Waals surface area contributed by atoms with Crippen LogP contribution in [0.1, 0.15) is 30.8 Å². The van der Waals surface area contributed by atoms with Gasteiger partial charge in [-0.05, 0) is 18.8 Å². The molecule has 0 aliphatic heterocycles. The van der Waals surface area contributed by atoms with E-state index in [1.165, 1.54) is 17.0 Å². The second-order valence-corrected chi connectivity index (χ2v) is 3.57. The molecule has 0 spiro atoms. The van der Waals surface area contributed by atoms with Crippen molar-refractivity contribution in [2.24, 2.45) is 5.92 Å². The number of fused-ring (bicyclic) bond motifs is 1. The van der Waals surface area contributed by atoms with Gasteiger partial charge in [0.1, 0.15) is 6.33 Å². The molecule has 0 amide bonds. The van der Waals surface area contributed by atoms with Crippen LogP contribution in [0.15, 0.2) is 12.4 Å². The standard InChI is InChI=1S/C11H14N2/c1-3-10-9-5-4-8(2)6-11(9)13-7-12-10/h4-5,7-8H,3,6H2,1-2H3. The lowest BCUT2D eigenvalue weighted by atomic mass is 9.93. The Morgan fingerprint density at radius 1 is 1.46 bits per heavy atom. The van der Waals surface area contributed by atoms with E-state index in [-0.39, 0.29) is 0 Å². The molecule has 0 saturated carbocycles. The van der Waals surface area contributed by atoms with Crippen molar-refractivity contribution in [1.29, 1.82) is 0 Å². The number of hydrogen-bond donors (Lipinski definition) is 0. The van der Waals surface area contributed by atoms with Gasteiger partial charge in [0.2, 0.25) is 0 Å². The number of rotatable bonds is 1. The molecule has 1 aliphatic rings. The van der Waals surface area contributed by atoms with Crippen molar-refractivity contribution in [3.8, 4) is 0 Å². The Morgan fingerprint density at radius 3 is 3.08 bits per heavy atom. The van der Waals surface area contributed by atoms with Gasteiger partial charge in [-0.1, -0.05) is 26.0 Å². The van der Waals surface area contributed by atoms with Crippen LogP contribution >= 0.6 is 0 Å². The maximum absolute atomic E-state index is 4.32. The van der Waals surface area contributed by atoms with Gasteiger partial charge in [-0.2, -0.15) is 0 Å². The molecule has 13 heavy (non-hydrogen) atoms. The average molecular weight is 174 g/mol. The highest BCUT2D eigenvalue weighted by Gasteiger charge is 2.13. The first-order valence-electron chi connectivity index (χ1n) is 4.82. The average Bonchev–Trinajstić information content (AvgIpc) is 2.16. The molecular weight excluding hydrogens is 160 g/mol. The van der Waals surface area contributed by atoms with Crippen LogP contribution in [0.25, 0.3) is 6.08 Å². The summed E-state index contributed by atoms with van der Waals surface area (Å²) < 4.78 is 0. The summed E-state index contributed by atoms with van der Waals surface area (Å²) in [6.45, 7) is 4.35. The van der Waals surface area contributed by atoms with Crippen LogP contribution in [-0.2, 0) is 12.8 Å². The first-order valence-corrected chi connectivity index (χ1v) is 4.82. The molecular formula is C11H14N2. The summed E-state index contributed by atoms with van der Waals surface area (Å²) in [5, 5.41) is 0. The Hall–Kier alpha value is -1.18. The van der Waals surface area contributed by atoms with Gasteiger partial charge in [0, 0.05) is 5.56 Å². The van der Waals surface area contributed by atoms with Crippen molar-refractivity contribution < 1.29 is 0 Å². The summed E-state index contributed by atoms with van der Waals surface area (Å²) in [6.07, 6.45) is 8.14. The number of hydrogen-bond acceptors (Lipinski definition) is 2. The molecule has 2 nitrogen and oxygen atoms in total. The fourth-order valence-corrected chi connectivity index (χ4v) is 1.74. The first kappa shape index (κ1) is 8.42. The Bertz CT molecular complexity index is 342. The van der Waals surface area contributed by atoms with E-state index in [1.807, 2.05) is 0 Å². The third-order valence-electron chi connectivity index (χ3n) is 2.49. The minimum atomic E-state index is 0.618. The van der Waals surface area contributed by atoms with Crippen LogP contribution in [0.5, 0.6) is 0 Å². The molecule has 2 heteroatoms. The minimum Gasteiger partial charge on any atom is -0.241 e. The number of aromatic nitrogens is 2. The molecule has 1 atom stereocenters. The smallest absolute Gasteiger partial charge is 0.115 e. The zero-order valence-corrected chi connectivity index (χ0v) is 8.12. The Kier molecular flexibility index (Phi) is 2.13. The monoisotopic (exact) mass is 174 g/mol. The molecule has 2 rings (SSSR count). The second-order valence-electron chi connectivity index (χ2n) is 3.57. The van der Waals surface area contributed by atoms with Gasteiger partial charge in [-0.3, -0.25) is 0 Å². The predicted molar refractivity (Wildman–Crippen MR) is 53.3 cm³/mol. The summed E-state index contributed by atoms with van der Waals surface area (Å²) in [7, 11) is 0. The maximum Gasteiger partial charge on any atom is 0.115 e. The fraction of sp³-hybridized carbons (Fsp3) is 0.455. The Morgan fingerprint density at radius 2 is 2.31 bits per heavy atom. The van der Waals surface area contributed by atoms with Crippen molar-refractivity contribution in [3.63, 3.8) is 0 Å². The van der Waals surface area contributed by atoms with Gasteiger partial charge < -0.3 is 0 Å². The molecule has 0 radical (unpaired) electrons. The Balaban J connectivity index is 2.49. The summed E-state index contributed by atoms with van der Waals surface area (Å²) in [5.41, 5.74) is 3.64. The first-order chi connectivity index (χ1) is 6.31. The third-order valence-corrected chi connectivity index (χ3v) is 2.49. The van der Waals surface area contributed by atoms with Crippen LogP contribution in [-0.4, -0.2) is 9.97 Å². The third kappa shape index (κ3) is 1.48. The Labute approximate surface area is 78.7 Å². The SMILES string of the molecule is CCc1ncnc2c1C=CC(C)C2. The highest BCUT2D eigenvalue weighted by Crippen LogP contribution is 2.22. The van der Waals surface area contributed by atoms with E-state index < -0.39 is 0 Å². The summed E-state index contributed by atoms with van der Waals surface area (Å²) >= 11 is 0. The molecule has 0 N–H and O–H groups in total. The molecule has 1 aromatic heterocycles. The predicted octanol–water partition coefficient (Wildman–Crippen LogP) is 2.24. The van der Waals surface area contributed by atoms with Gasteiger partial charge in [0.25, 0.3) is 0 Å². The van der Waals surface area contributed by atoms with Gasteiger partial charge in [-0.15, -0.1) is 0 Å². The highest BCUT2D eigenvalue weighted by molar-refractivity contribution is 5.56. The van der Waals surface area contributed by atoms with Gasteiger partial charge in [-0.25, -0.2) is 9.97 Å². The van der Waals surface area contributed by atoms with E-state index in [9.17, 15) is 0 Å². The molecule has 0 fully saturated rings. The molecule has 1 aromatic rings. The molecule has 1 heterocycles. The van der Waals surface area contributed by atoms with E-state index in [0.29, 0.717) is 5.92 Å². The van der Waals surface area contributed by atoms with Crippen molar-refractivity contribution in [3.05, 3.63) is 29.4 Å². The minimum absolute atomic E-state index is 0.618. The summed E-state index contributed by atoms with van der Waals surface area (Å²) in [4.78, 5) is 8.59. The van der Waals surface area contributed by atoms with E-state index in [2.05, 4.69) is 36.0 Å². The maximum atomic E-state index is 4.32. The van der Waals surface area contributed by atoms with Crippen molar-refractivity contribution in [1.82, 2.24) is 9.97 Å². The lowest BCUT2D eigenvalue weighted by molar-refractivity contribution is 0.692. The quantitative estimate of drug-likeness (QED) is 0.652. The molecule has 68 valence electrons. The van der Waals surface area contributed by atoms with Crippen LogP contribution in [0.2, 0.25) is 0 Å². The van der Waals surface area contributed by atoms with Gasteiger partial charge in [0.15, 0.2) is 0 Å². The van der Waals surface area contributed by atoms with Crippen LogP contribution in [0.3, 0.4) is 0 Å². The molecule has 0 saturated heterocycles. The second kappa shape index (κ2) is 3.29. The highest BCUT2D eigenvalue weighted by atomic mass is 14.8. The van der Waals surface area contributed by atoms with Crippen molar-refractivity contribution >= 4 is 6.08 Å². The number of nitrogens with zero attached hydrogens (tertiary/aromatic N) is 2. The van der Waals surface area contributed by atoms with Gasteiger partial charge in [0.05, 0.1) is 11.4 Å². The van der Waals surface area contributed by atoms with E-state index in [4.69, 9.17) is 0 Å². The van der Waals surface area contributed by atoms with Crippen molar-refractivity contribution in [2.45, 2.75) is 26.7 Å². The molecule has 1 aliphatic carbocycles. The number of aryl methyl sites for hydroxylation is 1.